The van der Waals surface area contributed by atoms with Crippen molar-refractivity contribution in [2.45, 2.75) is 18.3 Å². The zero-order valence-electron chi connectivity index (χ0n) is 12.5. The van der Waals surface area contributed by atoms with E-state index in [9.17, 15) is 9.50 Å². The summed E-state index contributed by atoms with van der Waals surface area (Å²) in [4.78, 5) is 2.41. The summed E-state index contributed by atoms with van der Waals surface area (Å²) in [6, 6.07) is 16.7. The van der Waals surface area contributed by atoms with E-state index in [0.29, 0.717) is 0 Å². The summed E-state index contributed by atoms with van der Waals surface area (Å²) in [6.07, 6.45) is 0.618. The average Bonchev–Trinajstić information content (AvgIpc) is 2.56. The zero-order valence-corrected chi connectivity index (χ0v) is 13.5. The van der Waals surface area contributed by atoms with Gasteiger partial charge < -0.3 is 5.11 Å². The predicted octanol–water partition coefficient (Wildman–Crippen LogP) is 3.42. The highest BCUT2D eigenvalue weighted by molar-refractivity contribution is 7.39. The molecule has 116 valence electrons. The van der Waals surface area contributed by atoms with Gasteiger partial charge in [0.2, 0.25) is 0 Å². The Hall–Kier alpha value is -1.28. The van der Waals surface area contributed by atoms with Gasteiger partial charge in [-0.3, -0.25) is 4.90 Å². The Kier molecular flexibility index (Phi) is 5.20. The molecule has 1 aliphatic heterocycles. The van der Waals surface area contributed by atoms with Crippen LogP contribution >= 0.6 is 8.58 Å². The van der Waals surface area contributed by atoms with Gasteiger partial charge in [-0.2, -0.15) is 0 Å². The summed E-state index contributed by atoms with van der Waals surface area (Å²) in [5, 5.41) is 10.6. The molecule has 2 aromatic carbocycles. The topological polar surface area (TPSA) is 23.5 Å². The lowest BCUT2D eigenvalue weighted by atomic mass is 10.1. The Labute approximate surface area is 132 Å². The zero-order chi connectivity index (χ0) is 15.4. The van der Waals surface area contributed by atoms with Gasteiger partial charge >= 0.3 is 0 Å². The van der Waals surface area contributed by atoms with Crippen molar-refractivity contribution in [1.29, 1.82) is 0 Å². The second kappa shape index (κ2) is 7.32. The molecule has 0 spiro atoms. The van der Waals surface area contributed by atoms with Gasteiger partial charge in [-0.1, -0.05) is 42.5 Å². The smallest absolute Gasteiger partial charge is 0.123 e. The van der Waals surface area contributed by atoms with Crippen molar-refractivity contribution in [2.24, 2.45) is 0 Å². The third kappa shape index (κ3) is 3.92. The first-order chi connectivity index (χ1) is 10.7. The molecule has 0 amide bonds. The molecular formula is C18H21FNOP. The number of benzene rings is 2. The molecular weight excluding hydrogens is 296 g/mol. The van der Waals surface area contributed by atoms with Gasteiger partial charge in [0.05, 0.1) is 6.10 Å². The largest absolute Gasteiger partial charge is 0.388 e. The summed E-state index contributed by atoms with van der Waals surface area (Å²) < 4.78 is 13.0. The van der Waals surface area contributed by atoms with Crippen LogP contribution in [0.15, 0.2) is 54.6 Å². The average molecular weight is 317 g/mol. The number of aliphatic hydroxyl groups excluding tert-OH is 1. The quantitative estimate of drug-likeness (QED) is 0.874. The van der Waals surface area contributed by atoms with Gasteiger partial charge in [-0.15, -0.1) is 8.58 Å². The van der Waals surface area contributed by atoms with E-state index in [2.05, 4.69) is 29.2 Å². The summed E-state index contributed by atoms with van der Waals surface area (Å²) in [7, 11) is 0.757. The van der Waals surface area contributed by atoms with Gasteiger partial charge in [-0.25, -0.2) is 4.39 Å². The van der Waals surface area contributed by atoms with Crippen molar-refractivity contribution < 1.29 is 9.50 Å². The van der Waals surface area contributed by atoms with E-state index in [1.165, 1.54) is 17.7 Å². The minimum Gasteiger partial charge on any atom is -0.388 e. The standard InChI is InChI=1S/C18H21FNOP/c19-16-8-6-15(7-9-16)18(21)17-13-20(10-11-22-17)12-14-4-2-1-3-5-14/h1-9,17-18,21-22H,10-13H2. The summed E-state index contributed by atoms with van der Waals surface area (Å²) >= 11 is 0. The van der Waals surface area contributed by atoms with E-state index in [1.54, 1.807) is 12.1 Å². The number of hydrogen-bond acceptors (Lipinski definition) is 2. The predicted molar refractivity (Wildman–Crippen MR) is 90.0 cm³/mol. The lowest BCUT2D eigenvalue weighted by Gasteiger charge is -2.35. The maximum Gasteiger partial charge on any atom is 0.123 e. The molecule has 3 rings (SSSR count). The maximum absolute atomic E-state index is 13.0. The lowest BCUT2D eigenvalue weighted by molar-refractivity contribution is 0.142. The maximum atomic E-state index is 13.0. The van der Waals surface area contributed by atoms with Crippen LogP contribution in [0.2, 0.25) is 0 Å². The fraction of sp³-hybridized carbons (Fsp3) is 0.333. The van der Waals surface area contributed by atoms with E-state index in [-0.39, 0.29) is 11.5 Å². The molecule has 3 atom stereocenters. The van der Waals surface area contributed by atoms with Crippen LogP contribution < -0.4 is 0 Å². The Morgan fingerprint density at radius 3 is 2.59 bits per heavy atom. The Morgan fingerprint density at radius 2 is 1.86 bits per heavy atom. The molecule has 1 aliphatic rings. The summed E-state index contributed by atoms with van der Waals surface area (Å²) in [5.74, 6) is -0.257. The van der Waals surface area contributed by atoms with Gasteiger partial charge in [0.15, 0.2) is 0 Å². The fourth-order valence-electron chi connectivity index (χ4n) is 2.93. The highest BCUT2D eigenvalue weighted by atomic mass is 31.1. The van der Waals surface area contributed by atoms with Crippen LogP contribution in [0, 0.1) is 5.82 Å². The van der Waals surface area contributed by atoms with Gasteiger partial charge in [0, 0.05) is 25.3 Å². The summed E-state index contributed by atoms with van der Waals surface area (Å²) in [6.45, 7) is 2.91. The van der Waals surface area contributed by atoms with Gasteiger partial charge in [0.25, 0.3) is 0 Å². The number of hydrogen-bond donors (Lipinski definition) is 1. The van der Waals surface area contributed by atoms with Crippen molar-refractivity contribution in [3.05, 3.63) is 71.5 Å². The van der Waals surface area contributed by atoms with E-state index >= 15 is 0 Å². The van der Waals surface area contributed by atoms with Crippen LogP contribution in [0.1, 0.15) is 17.2 Å². The van der Waals surface area contributed by atoms with Crippen molar-refractivity contribution in [1.82, 2.24) is 4.90 Å². The summed E-state index contributed by atoms with van der Waals surface area (Å²) in [5.41, 5.74) is 2.37. The van der Waals surface area contributed by atoms with Crippen LogP contribution in [-0.2, 0) is 6.54 Å². The number of halogens is 1. The molecule has 3 unspecified atom stereocenters. The van der Waals surface area contributed by atoms with Crippen LogP contribution in [0.5, 0.6) is 0 Å². The molecule has 0 saturated carbocycles. The molecule has 1 heterocycles. The second-order valence-electron chi connectivity index (χ2n) is 5.78. The first-order valence-corrected chi connectivity index (χ1v) is 8.94. The molecule has 22 heavy (non-hydrogen) atoms. The number of rotatable bonds is 4. The molecule has 4 heteroatoms. The molecule has 1 saturated heterocycles. The first kappa shape index (κ1) is 15.6. The minimum atomic E-state index is -0.502. The fourth-order valence-corrected chi connectivity index (χ4v) is 4.55. The van der Waals surface area contributed by atoms with Crippen LogP contribution in [0.4, 0.5) is 4.39 Å². The molecule has 1 N–H and O–H groups in total. The number of aliphatic hydroxyl groups is 1. The van der Waals surface area contributed by atoms with Crippen LogP contribution in [-0.4, -0.2) is 34.9 Å². The number of nitrogens with zero attached hydrogens (tertiary/aromatic N) is 1. The van der Waals surface area contributed by atoms with E-state index in [1.807, 2.05) is 6.07 Å². The first-order valence-electron chi connectivity index (χ1n) is 7.65. The minimum absolute atomic E-state index is 0.239. The third-order valence-corrected chi connectivity index (χ3v) is 5.67. The third-order valence-electron chi connectivity index (χ3n) is 4.13. The van der Waals surface area contributed by atoms with Crippen LogP contribution in [0.25, 0.3) is 0 Å². The van der Waals surface area contributed by atoms with Crippen molar-refractivity contribution in [3.63, 3.8) is 0 Å². The Balaban J connectivity index is 1.63. The normalized spacial score (nSPS) is 21.8. The van der Waals surface area contributed by atoms with E-state index < -0.39 is 6.10 Å². The molecule has 1 fully saturated rings. The highest BCUT2D eigenvalue weighted by Gasteiger charge is 2.26. The molecule has 0 bridgehead atoms. The monoisotopic (exact) mass is 317 g/mol. The Morgan fingerprint density at radius 1 is 1.14 bits per heavy atom. The van der Waals surface area contributed by atoms with Crippen molar-refractivity contribution >= 4 is 8.58 Å². The second-order valence-corrected chi connectivity index (χ2v) is 7.43. The van der Waals surface area contributed by atoms with Crippen molar-refractivity contribution in [3.8, 4) is 0 Å². The van der Waals surface area contributed by atoms with Gasteiger partial charge in [0.1, 0.15) is 5.82 Å². The molecule has 2 nitrogen and oxygen atoms in total. The van der Waals surface area contributed by atoms with E-state index in [0.717, 1.165) is 39.9 Å². The molecule has 0 aromatic heterocycles. The Bertz CT molecular complexity index is 590. The SMILES string of the molecule is OC(c1ccc(F)cc1)C1CN(Cc2ccccc2)CCP1. The highest BCUT2D eigenvalue weighted by Crippen LogP contribution is 2.35. The lowest BCUT2D eigenvalue weighted by Crippen LogP contribution is -2.39. The van der Waals surface area contributed by atoms with Gasteiger partial charge in [-0.05, 0) is 29.4 Å². The molecule has 0 aliphatic carbocycles. The van der Waals surface area contributed by atoms with Crippen LogP contribution in [0.3, 0.4) is 0 Å². The van der Waals surface area contributed by atoms with E-state index in [4.69, 9.17) is 0 Å². The van der Waals surface area contributed by atoms with Crippen molar-refractivity contribution in [2.75, 3.05) is 19.3 Å². The molecule has 2 aromatic rings. The molecule has 0 radical (unpaired) electrons.